The van der Waals surface area contributed by atoms with E-state index in [-0.39, 0.29) is 48.4 Å². The lowest BCUT2D eigenvalue weighted by Gasteiger charge is -2.21. The molecule has 37 heavy (non-hydrogen) atoms. The number of nitro benzene ring substituents is 1. The second-order valence-corrected chi connectivity index (χ2v) is 10.2. The standard InChI is InChI=1S/C25H24N2O9S/c1-26(13-17-6-4-3-5-7-17)37(31,32)23-12-18(8-9-22(23)33-2)25(28)35-15-20-11-21(27(29)30)10-19-14-34-16-36-24(19)20/h3-12H,13-16H2,1-2H3. The van der Waals surface area contributed by atoms with Crippen LogP contribution < -0.4 is 9.47 Å². The SMILES string of the molecule is COc1ccc(C(=O)OCc2cc([N+](=O)[O-])cc3c2OCOC3)cc1S(=O)(=O)N(C)Cc1ccccc1. The third-order valence-corrected chi connectivity index (χ3v) is 7.50. The van der Waals surface area contributed by atoms with E-state index in [1.807, 2.05) is 18.2 Å². The van der Waals surface area contributed by atoms with Gasteiger partial charge in [-0.15, -0.1) is 0 Å². The van der Waals surface area contributed by atoms with Crippen molar-refractivity contribution in [3.05, 3.63) is 93.0 Å². The summed E-state index contributed by atoms with van der Waals surface area (Å²) >= 11 is 0. The zero-order valence-corrected chi connectivity index (χ0v) is 20.9. The first-order valence-electron chi connectivity index (χ1n) is 11.1. The molecule has 0 radical (unpaired) electrons. The Morgan fingerprint density at radius 3 is 2.59 bits per heavy atom. The van der Waals surface area contributed by atoms with Crippen LogP contribution in [0.5, 0.6) is 11.5 Å². The molecule has 194 valence electrons. The largest absolute Gasteiger partial charge is 0.495 e. The lowest BCUT2D eigenvalue weighted by molar-refractivity contribution is -0.385. The molecular formula is C25H24N2O9S. The number of hydrogen-bond donors (Lipinski definition) is 0. The molecule has 0 N–H and O–H groups in total. The maximum Gasteiger partial charge on any atom is 0.338 e. The van der Waals surface area contributed by atoms with Crippen LogP contribution in [0.25, 0.3) is 0 Å². The molecule has 12 heteroatoms. The van der Waals surface area contributed by atoms with Crippen LogP contribution in [0.4, 0.5) is 5.69 Å². The van der Waals surface area contributed by atoms with E-state index in [0.717, 1.165) is 9.87 Å². The molecular weight excluding hydrogens is 504 g/mol. The second-order valence-electron chi connectivity index (χ2n) is 8.15. The Morgan fingerprint density at radius 2 is 1.89 bits per heavy atom. The van der Waals surface area contributed by atoms with Gasteiger partial charge in [-0.25, -0.2) is 13.2 Å². The molecule has 4 rings (SSSR count). The van der Waals surface area contributed by atoms with E-state index in [9.17, 15) is 23.3 Å². The van der Waals surface area contributed by atoms with Gasteiger partial charge in [-0.2, -0.15) is 4.31 Å². The molecule has 1 aliphatic rings. The summed E-state index contributed by atoms with van der Waals surface area (Å²) in [6.45, 7) is -0.135. The van der Waals surface area contributed by atoms with Crippen molar-refractivity contribution in [2.45, 2.75) is 24.7 Å². The molecule has 0 saturated heterocycles. The van der Waals surface area contributed by atoms with Gasteiger partial charge in [-0.1, -0.05) is 30.3 Å². The van der Waals surface area contributed by atoms with Gasteiger partial charge in [0.2, 0.25) is 10.0 Å². The zero-order valence-electron chi connectivity index (χ0n) is 20.1. The van der Waals surface area contributed by atoms with Crippen LogP contribution in [0.3, 0.4) is 0 Å². The van der Waals surface area contributed by atoms with Gasteiger partial charge >= 0.3 is 5.97 Å². The van der Waals surface area contributed by atoms with Crippen molar-refractivity contribution in [3.63, 3.8) is 0 Å². The van der Waals surface area contributed by atoms with Crippen LogP contribution in [-0.4, -0.2) is 44.6 Å². The molecule has 0 saturated carbocycles. The molecule has 3 aromatic carbocycles. The molecule has 0 atom stereocenters. The molecule has 0 fully saturated rings. The van der Waals surface area contributed by atoms with Crippen molar-refractivity contribution in [2.75, 3.05) is 21.0 Å². The van der Waals surface area contributed by atoms with Crippen LogP contribution in [0.1, 0.15) is 27.0 Å². The van der Waals surface area contributed by atoms with Gasteiger partial charge in [-0.3, -0.25) is 10.1 Å². The van der Waals surface area contributed by atoms with E-state index >= 15 is 0 Å². The number of benzene rings is 3. The van der Waals surface area contributed by atoms with Crippen molar-refractivity contribution in [3.8, 4) is 11.5 Å². The van der Waals surface area contributed by atoms with E-state index in [1.54, 1.807) is 12.1 Å². The number of rotatable bonds is 9. The van der Waals surface area contributed by atoms with Crippen molar-refractivity contribution < 1.29 is 37.1 Å². The Balaban J connectivity index is 1.57. The smallest absolute Gasteiger partial charge is 0.338 e. The summed E-state index contributed by atoms with van der Waals surface area (Å²) in [6.07, 6.45) is 0. The van der Waals surface area contributed by atoms with Crippen LogP contribution >= 0.6 is 0 Å². The highest BCUT2D eigenvalue weighted by atomic mass is 32.2. The minimum absolute atomic E-state index is 0.0314. The van der Waals surface area contributed by atoms with E-state index in [4.69, 9.17) is 18.9 Å². The molecule has 11 nitrogen and oxygen atoms in total. The number of nitrogens with zero attached hydrogens (tertiary/aromatic N) is 2. The minimum Gasteiger partial charge on any atom is -0.495 e. The van der Waals surface area contributed by atoms with Crippen molar-refractivity contribution >= 4 is 21.7 Å². The minimum atomic E-state index is -4.04. The third-order valence-electron chi connectivity index (χ3n) is 5.68. The van der Waals surface area contributed by atoms with Gasteiger partial charge in [-0.05, 0) is 23.8 Å². The number of sulfonamides is 1. The highest BCUT2D eigenvalue weighted by Crippen LogP contribution is 2.34. The molecule has 0 unspecified atom stereocenters. The Kier molecular flexibility index (Phi) is 7.71. The Hall–Kier alpha value is -4.00. The Morgan fingerprint density at radius 1 is 1.14 bits per heavy atom. The first-order valence-corrected chi connectivity index (χ1v) is 12.5. The Bertz CT molecular complexity index is 1430. The second kappa shape index (κ2) is 10.9. The predicted octanol–water partition coefficient (Wildman–Crippen LogP) is 3.65. The quantitative estimate of drug-likeness (QED) is 0.232. The van der Waals surface area contributed by atoms with Crippen LogP contribution in [0.2, 0.25) is 0 Å². The van der Waals surface area contributed by atoms with Crippen molar-refractivity contribution in [2.24, 2.45) is 0 Å². The molecule has 0 spiro atoms. The molecule has 1 aliphatic heterocycles. The van der Waals surface area contributed by atoms with Crippen LogP contribution in [0, 0.1) is 10.1 Å². The lowest BCUT2D eigenvalue weighted by Crippen LogP contribution is -2.27. The Labute approximate surface area is 213 Å². The predicted molar refractivity (Wildman–Crippen MR) is 131 cm³/mol. The summed E-state index contributed by atoms with van der Waals surface area (Å²) in [5.74, 6) is -0.403. The van der Waals surface area contributed by atoms with E-state index in [2.05, 4.69) is 0 Å². The van der Waals surface area contributed by atoms with Gasteiger partial charge in [0.15, 0.2) is 6.79 Å². The molecule has 0 aliphatic carbocycles. The number of ether oxygens (including phenoxy) is 4. The fourth-order valence-corrected chi connectivity index (χ4v) is 5.16. The first kappa shape index (κ1) is 26.1. The molecule has 0 amide bonds. The lowest BCUT2D eigenvalue weighted by atomic mass is 10.1. The molecule has 1 heterocycles. The van der Waals surface area contributed by atoms with Gasteiger partial charge in [0.1, 0.15) is 23.0 Å². The zero-order chi connectivity index (χ0) is 26.6. The van der Waals surface area contributed by atoms with E-state index < -0.39 is 20.9 Å². The van der Waals surface area contributed by atoms with E-state index in [1.165, 1.54) is 44.5 Å². The highest BCUT2D eigenvalue weighted by Gasteiger charge is 2.27. The van der Waals surface area contributed by atoms with Crippen molar-refractivity contribution in [1.29, 1.82) is 0 Å². The average molecular weight is 529 g/mol. The topological polar surface area (TPSA) is 135 Å². The molecule has 0 bridgehead atoms. The van der Waals surface area contributed by atoms with Crippen molar-refractivity contribution in [1.82, 2.24) is 4.31 Å². The van der Waals surface area contributed by atoms with Gasteiger partial charge in [0, 0.05) is 36.9 Å². The summed E-state index contributed by atoms with van der Waals surface area (Å²) < 4.78 is 49.1. The number of carbonyl (C=O) groups excluding carboxylic acids is 1. The van der Waals surface area contributed by atoms with Gasteiger partial charge < -0.3 is 18.9 Å². The maximum absolute atomic E-state index is 13.3. The number of methoxy groups -OCH3 is 1. The summed E-state index contributed by atoms with van der Waals surface area (Å²) in [5.41, 5.74) is 1.32. The number of fused-ring (bicyclic) bond motifs is 1. The number of nitro groups is 1. The summed E-state index contributed by atoms with van der Waals surface area (Å²) in [4.78, 5) is 23.4. The molecule has 0 aromatic heterocycles. The fraction of sp³-hybridized carbons (Fsp3) is 0.240. The van der Waals surface area contributed by atoms with Crippen LogP contribution in [-0.2, 0) is 39.3 Å². The first-order chi connectivity index (χ1) is 17.7. The maximum atomic E-state index is 13.3. The fourth-order valence-electron chi connectivity index (χ4n) is 3.82. The van der Waals surface area contributed by atoms with Gasteiger partial charge in [0.25, 0.3) is 5.69 Å². The highest BCUT2D eigenvalue weighted by molar-refractivity contribution is 7.89. The summed E-state index contributed by atoms with van der Waals surface area (Å²) in [7, 11) is -1.27. The molecule has 3 aromatic rings. The third kappa shape index (κ3) is 5.71. The van der Waals surface area contributed by atoms with E-state index in [0.29, 0.717) is 16.9 Å². The number of esters is 1. The average Bonchev–Trinajstić information content (AvgIpc) is 2.91. The van der Waals surface area contributed by atoms with Gasteiger partial charge in [0.05, 0.1) is 24.2 Å². The normalized spacial score (nSPS) is 12.9. The number of hydrogen-bond acceptors (Lipinski definition) is 9. The number of non-ortho nitro benzene ring substituents is 1. The summed E-state index contributed by atoms with van der Waals surface area (Å²) in [6, 6.07) is 15.6. The monoisotopic (exact) mass is 528 g/mol. The summed E-state index contributed by atoms with van der Waals surface area (Å²) in [5, 5.41) is 11.3. The number of carbonyl (C=O) groups is 1. The van der Waals surface area contributed by atoms with Crippen LogP contribution in [0.15, 0.2) is 65.6 Å².